The maximum Gasteiger partial charge on any atom is 0.308 e. The molecule has 6 heteroatoms. The van der Waals surface area contributed by atoms with Crippen LogP contribution in [0.3, 0.4) is 0 Å². The zero-order valence-corrected chi connectivity index (χ0v) is 11.2. The lowest BCUT2D eigenvalue weighted by Gasteiger charge is -2.36. The number of carboxylic acid groups (broad SMARTS) is 1. The molecule has 1 N–H and O–H groups in total. The van der Waals surface area contributed by atoms with Gasteiger partial charge in [0.1, 0.15) is 0 Å². The number of carbonyl (C=O) groups is 2. The molecule has 104 valence electrons. The molecule has 0 radical (unpaired) electrons. The zero-order valence-electron chi connectivity index (χ0n) is 11.2. The number of carbonyl (C=O) groups excluding carboxylic acids is 1. The van der Waals surface area contributed by atoms with Crippen LogP contribution in [-0.2, 0) is 16.1 Å². The molecule has 6 nitrogen and oxygen atoms in total. The molecule has 0 aliphatic carbocycles. The van der Waals surface area contributed by atoms with Gasteiger partial charge < -0.3 is 10.0 Å². The molecule has 1 aromatic heterocycles. The molecule has 1 amide bonds. The fourth-order valence-corrected chi connectivity index (χ4v) is 2.64. The van der Waals surface area contributed by atoms with Crippen molar-refractivity contribution in [1.82, 2.24) is 14.7 Å². The van der Waals surface area contributed by atoms with Crippen molar-refractivity contribution in [1.29, 1.82) is 0 Å². The summed E-state index contributed by atoms with van der Waals surface area (Å²) in [6.45, 7) is 2.85. The normalized spacial score (nSPS) is 23.7. The Morgan fingerprint density at radius 3 is 2.95 bits per heavy atom. The van der Waals surface area contributed by atoms with E-state index in [2.05, 4.69) is 12.0 Å². The van der Waals surface area contributed by atoms with Gasteiger partial charge in [0, 0.05) is 31.8 Å². The molecule has 1 saturated heterocycles. The summed E-state index contributed by atoms with van der Waals surface area (Å²) in [7, 11) is 1.67. The van der Waals surface area contributed by atoms with Crippen LogP contribution in [0.4, 0.5) is 0 Å². The number of likely N-dealkylation sites (tertiary alicyclic amines) is 1. The fourth-order valence-electron chi connectivity index (χ4n) is 2.64. The van der Waals surface area contributed by atoms with Crippen molar-refractivity contribution >= 4 is 11.9 Å². The predicted octanol–water partition coefficient (Wildman–Crippen LogP) is 1.29. The third-order valence-corrected chi connectivity index (χ3v) is 3.63. The highest BCUT2D eigenvalue weighted by atomic mass is 16.4. The van der Waals surface area contributed by atoms with E-state index in [9.17, 15) is 14.7 Å². The summed E-state index contributed by atoms with van der Waals surface area (Å²) in [6, 6.07) is -0.413. The number of aliphatic carboxylic acids is 1. The van der Waals surface area contributed by atoms with Crippen LogP contribution in [0.1, 0.15) is 37.8 Å². The Morgan fingerprint density at radius 2 is 2.32 bits per heavy atom. The standard InChI is InChI=1S/C13H19N3O3/c1-3-6-16-8-9(7-14-16)12-10(13(18)19)4-5-11(17)15(12)2/h7-8,10,12H,3-6H2,1-2H3,(H,18,19)/t10-,12-/m0/s1. The van der Waals surface area contributed by atoms with Gasteiger partial charge in [0.2, 0.25) is 5.91 Å². The van der Waals surface area contributed by atoms with Crippen LogP contribution in [0.5, 0.6) is 0 Å². The fraction of sp³-hybridized carbons (Fsp3) is 0.615. The van der Waals surface area contributed by atoms with Crippen LogP contribution in [0.2, 0.25) is 0 Å². The van der Waals surface area contributed by atoms with Gasteiger partial charge in [-0.2, -0.15) is 5.10 Å². The molecule has 19 heavy (non-hydrogen) atoms. The van der Waals surface area contributed by atoms with Crippen molar-refractivity contribution in [2.24, 2.45) is 5.92 Å². The highest BCUT2D eigenvalue weighted by molar-refractivity contribution is 5.81. The van der Waals surface area contributed by atoms with Crippen molar-refractivity contribution in [3.05, 3.63) is 18.0 Å². The third kappa shape index (κ3) is 2.62. The molecule has 0 aromatic carbocycles. The second kappa shape index (κ2) is 5.42. The lowest BCUT2D eigenvalue weighted by molar-refractivity contribution is -0.150. The van der Waals surface area contributed by atoms with Crippen LogP contribution >= 0.6 is 0 Å². The van der Waals surface area contributed by atoms with E-state index in [0.29, 0.717) is 12.8 Å². The van der Waals surface area contributed by atoms with Gasteiger partial charge in [-0.15, -0.1) is 0 Å². The van der Waals surface area contributed by atoms with Crippen LogP contribution in [-0.4, -0.2) is 38.7 Å². The number of carboxylic acids is 1. The van der Waals surface area contributed by atoms with Gasteiger partial charge in [0.25, 0.3) is 0 Å². The molecule has 1 aliphatic heterocycles. The number of aromatic nitrogens is 2. The third-order valence-electron chi connectivity index (χ3n) is 3.63. The Bertz CT molecular complexity index is 483. The van der Waals surface area contributed by atoms with E-state index < -0.39 is 17.9 Å². The van der Waals surface area contributed by atoms with Crippen molar-refractivity contribution in [2.45, 2.75) is 38.8 Å². The minimum atomic E-state index is -0.854. The molecule has 2 heterocycles. The van der Waals surface area contributed by atoms with E-state index in [-0.39, 0.29) is 5.91 Å². The topological polar surface area (TPSA) is 75.4 Å². The van der Waals surface area contributed by atoms with Gasteiger partial charge in [-0.05, 0) is 12.8 Å². The van der Waals surface area contributed by atoms with E-state index in [1.54, 1.807) is 17.9 Å². The van der Waals surface area contributed by atoms with Crippen LogP contribution in [0.25, 0.3) is 0 Å². The van der Waals surface area contributed by atoms with Crippen molar-refractivity contribution in [3.8, 4) is 0 Å². The van der Waals surface area contributed by atoms with E-state index >= 15 is 0 Å². The molecule has 2 atom stereocenters. The van der Waals surface area contributed by atoms with Crippen molar-refractivity contribution in [3.63, 3.8) is 0 Å². The highest BCUT2D eigenvalue weighted by Crippen LogP contribution is 2.35. The molecular formula is C13H19N3O3. The number of amides is 1. The molecule has 1 aromatic rings. The van der Waals surface area contributed by atoms with Gasteiger partial charge in [-0.3, -0.25) is 14.3 Å². The van der Waals surface area contributed by atoms with Gasteiger partial charge in [0.05, 0.1) is 18.2 Å². The molecule has 0 bridgehead atoms. The van der Waals surface area contributed by atoms with E-state index in [1.807, 2.05) is 6.20 Å². The lowest BCUT2D eigenvalue weighted by atomic mass is 9.86. The first kappa shape index (κ1) is 13.6. The average Bonchev–Trinajstić information content (AvgIpc) is 2.81. The minimum absolute atomic E-state index is 0.00857. The summed E-state index contributed by atoms with van der Waals surface area (Å²) in [5.74, 6) is -1.42. The zero-order chi connectivity index (χ0) is 14.0. The van der Waals surface area contributed by atoms with Crippen molar-refractivity contribution in [2.75, 3.05) is 7.05 Å². The van der Waals surface area contributed by atoms with Crippen LogP contribution in [0, 0.1) is 5.92 Å². The number of aryl methyl sites for hydroxylation is 1. The molecule has 1 aliphatic rings. The first-order valence-electron chi connectivity index (χ1n) is 6.55. The van der Waals surface area contributed by atoms with Crippen molar-refractivity contribution < 1.29 is 14.7 Å². The van der Waals surface area contributed by atoms with E-state index in [0.717, 1.165) is 18.5 Å². The number of hydrogen-bond donors (Lipinski definition) is 1. The maximum absolute atomic E-state index is 11.8. The average molecular weight is 265 g/mol. The summed E-state index contributed by atoms with van der Waals surface area (Å²) >= 11 is 0. The van der Waals surface area contributed by atoms with Gasteiger partial charge in [0.15, 0.2) is 0 Å². The Balaban J connectivity index is 2.29. The molecular weight excluding hydrogens is 246 g/mol. The summed E-state index contributed by atoms with van der Waals surface area (Å²) in [5, 5.41) is 13.5. The number of rotatable bonds is 4. The second-order valence-corrected chi connectivity index (χ2v) is 4.97. The largest absolute Gasteiger partial charge is 0.481 e. The van der Waals surface area contributed by atoms with Gasteiger partial charge in [-0.1, -0.05) is 6.92 Å². The smallest absolute Gasteiger partial charge is 0.308 e. The minimum Gasteiger partial charge on any atom is -0.481 e. The van der Waals surface area contributed by atoms with Crippen LogP contribution in [0.15, 0.2) is 12.4 Å². The van der Waals surface area contributed by atoms with E-state index in [1.165, 1.54) is 4.90 Å². The number of hydrogen-bond acceptors (Lipinski definition) is 3. The Morgan fingerprint density at radius 1 is 1.58 bits per heavy atom. The maximum atomic E-state index is 11.8. The summed E-state index contributed by atoms with van der Waals surface area (Å²) in [4.78, 5) is 24.7. The number of piperidine rings is 1. The Hall–Kier alpha value is -1.85. The summed E-state index contributed by atoms with van der Waals surface area (Å²) < 4.78 is 1.79. The highest BCUT2D eigenvalue weighted by Gasteiger charge is 2.39. The van der Waals surface area contributed by atoms with Crippen LogP contribution < -0.4 is 0 Å². The summed E-state index contributed by atoms with van der Waals surface area (Å²) in [6.07, 6.45) is 5.17. The predicted molar refractivity (Wildman–Crippen MR) is 68.4 cm³/mol. The SMILES string of the molecule is CCCn1cc([C@H]2[C@@H](C(=O)O)CCC(=O)N2C)cn1. The monoisotopic (exact) mass is 265 g/mol. The molecule has 0 unspecified atom stereocenters. The first-order chi connectivity index (χ1) is 9.04. The Labute approximate surface area is 112 Å². The van der Waals surface area contributed by atoms with E-state index in [4.69, 9.17) is 0 Å². The van der Waals surface area contributed by atoms with Gasteiger partial charge >= 0.3 is 5.97 Å². The summed E-state index contributed by atoms with van der Waals surface area (Å²) in [5.41, 5.74) is 0.802. The molecule has 0 spiro atoms. The lowest BCUT2D eigenvalue weighted by Crippen LogP contribution is -2.42. The first-order valence-corrected chi connectivity index (χ1v) is 6.55. The molecule has 2 rings (SSSR count). The second-order valence-electron chi connectivity index (χ2n) is 4.97. The van der Waals surface area contributed by atoms with Gasteiger partial charge in [-0.25, -0.2) is 0 Å². The molecule has 0 saturated carbocycles. The number of nitrogens with zero attached hydrogens (tertiary/aromatic N) is 3. The Kier molecular flexibility index (Phi) is 3.87. The molecule has 1 fully saturated rings. The quantitative estimate of drug-likeness (QED) is 0.890.